The zero-order chi connectivity index (χ0) is 17.0. The van der Waals surface area contributed by atoms with E-state index in [1.807, 2.05) is 6.07 Å². The van der Waals surface area contributed by atoms with Crippen molar-refractivity contribution in [2.45, 2.75) is 24.4 Å². The number of piperidine rings is 1. The van der Waals surface area contributed by atoms with Crippen molar-refractivity contribution in [2.24, 2.45) is 5.92 Å². The Labute approximate surface area is 141 Å². The SMILES string of the molecule is O=S(=O)(NCC1CCN(Cc2ccccc2F)CC1)c1cnc[nH]1. The number of hydrogen-bond donors (Lipinski definition) is 2. The van der Waals surface area contributed by atoms with Gasteiger partial charge in [-0.2, -0.15) is 0 Å². The molecule has 0 atom stereocenters. The van der Waals surface area contributed by atoms with Gasteiger partial charge in [0.15, 0.2) is 5.03 Å². The van der Waals surface area contributed by atoms with Crippen molar-refractivity contribution < 1.29 is 12.8 Å². The van der Waals surface area contributed by atoms with E-state index < -0.39 is 10.0 Å². The number of imidazole rings is 1. The van der Waals surface area contributed by atoms with Crippen molar-refractivity contribution in [2.75, 3.05) is 19.6 Å². The number of rotatable bonds is 6. The van der Waals surface area contributed by atoms with E-state index in [0.29, 0.717) is 24.6 Å². The average Bonchev–Trinajstić information content (AvgIpc) is 3.12. The summed E-state index contributed by atoms with van der Waals surface area (Å²) in [5.41, 5.74) is 0.705. The highest BCUT2D eigenvalue weighted by atomic mass is 32.2. The van der Waals surface area contributed by atoms with Gasteiger partial charge in [-0.3, -0.25) is 4.90 Å². The first-order chi connectivity index (χ1) is 11.5. The molecule has 130 valence electrons. The van der Waals surface area contributed by atoms with Gasteiger partial charge in [0.05, 0.1) is 12.5 Å². The number of sulfonamides is 1. The Balaban J connectivity index is 1.46. The van der Waals surface area contributed by atoms with E-state index in [-0.39, 0.29) is 10.8 Å². The molecule has 6 nitrogen and oxygen atoms in total. The molecular formula is C16H21FN4O2S. The number of aromatic nitrogens is 2. The van der Waals surface area contributed by atoms with Gasteiger partial charge >= 0.3 is 0 Å². The first-order valence-corrected chi connectivity index (χ1v) is 9.47. The fraction of sp³-hybridized carbons (Fsp3) is 0.438. The Morgan fingerprint density at radius 1 is 1.29 bits per heavy atom. The van der Waals surface area contributed by atoms with Crippen LogP contribution in [0.3, 0.4) is 0 Å². The third-order valence-corrected chi connectivity index (χ3v) is 5.73. The van der Waals surface area contributed by atoms with E-state index in [0.717, 1.165) is 25.9 Å². The van der Waals surface area contributed by atoms with Crippen LogP contribution in [0, 0.1) is 11.7 Å². The highest BCUT2D eigenvalue weighted by Crippen LogP contribution is 2.20. The molecule has 2 aromatic rings. The van der Waals surface area contributed by atoms with Crippen molar-refractivity contribution in [3.8, 4) is 0 Å². The summed E-state index contributed by atoms with van der Waals surface area (Å²) in [7, 11) is -3.52. The van der Waals surface area contributed by atoms with E-state index in [4.69, 9.17) is 0 Å². The normalized spacial score (nSPS) is 17.2. The van der Waals surface area contributed by atoms with Gasteiger partial charge in [-0.15, -0.1) is 0 Å². The smallest absolute Gasteiger partial charge is 0.257 e. The summed E-state index contributed by atoms with van der Waals surface area (Å²) in [5.74, 6) is 0.117. The van der Waals surface area contributed by atoms with E-state index in [2.05, 4.69) is 19.6 Å². The van der Waals surface area contributed by atoms with Crippen molar-refractivity contribution in [3.05, 3.63) is 48.2 Å². The minimum atomic E-state index is -3.52. The van der Waals surface area contributed by atoms with Crippen LogP contribution in [-0.4, -0.2) is 42.9 Å². The monoisotopic (exact) mass is 352 g/mol. The average molecular weight is 352 g/mol. The number of aromatic amines is 1. The Kier molecular flexibility index (Phi) is 5.27. The molecule has 0 spiro atoms. The molecule has 1 fully saturated rings. The summed E-state index contributed by atoms with van der Waals surface area (Å²) >= 11 is 0. The van der Waals surface area contributed by atoms with Gasteiger partial charge in [0.2, 0.25) is 0 Å². The van der Waals surface area contributed by atoms with E-state index >= 15 is 0 Å². The second-order valence-electron chi connectivity index (χ2n) is 6.08. The molecule has 0 unspecified atom stereocenters. The maximum Gasteiger partial charge on any atom is 0.257 e. The first kappa shape index (κ1) is 17.1. The number of H-pyrrole nitrogens is 1. The van der Waals surface area contributed by atoms with Gasteiger partial charge in [0.25, 0.3) is 10.0 Å². The topological polar surface area (TPSA) is 78.1 Å². The molecule has 0 aliphatic carbocycles. The maximum absolute atomic E-state index is 13.7. The van der Waals surface area contributed by atoms with Crippen LogP contribution in [0.15, 0.2) is 41.8 Å². The van der Waals surface area contributed by atoms with Crippen LogP contribution in [-0.2, 0) is 16.6 Å². The second-order valence-corrected chi connectivity index (χ2v) is 7.81. The Morgan fingerprint density at radius 2 is 2.04 bits per heavy atom. The summed E-state index contributed by atoms with van der Waals surface area (Å²) < 4.78 is 40.4. The van der Waals surface area contributed by atoms with Crippen LogP contribution in [0.25, 0.3) is 0 Å². The van der Waals surface area contributed by atoms with Crippen molar-refractivity contribution in [1.29, 1.82) is 0 Å². The van der Waals surface area contributed by atoms with Crippen molar-refractivity contribution in [3.63, 3.8) is 0 Å². The quantitative estimate of drug-likeness (QED) is 0.830. The number of halogens is 1. The number of benzene rings is 1. The molecule has 1 saturated heterocycles. The molecule has 0 radical (unpaired) electrons. The predicted octanol–water partition coefficient (Wildman–Crippen LogP) is 1.74. The molecule has 1 aliphatic heterocycles. The van der Waals surface area contributed by atoms with Crippen LogP contribution < -0.4 is 4.72 Å². The molecule has 1 aromatic heterocycles. The minimum absolute atomic E-state index is 0.0829. The molecule has 8 heteroatoms. The third-order valence-electron chi connectivity index (χ3n) is 4.38. The second kappa shape index (κ2) is 7.42. The Hall–Kier alpha value is -1.77. The van der Waals surface area contributed by atoms with E-state index in [1.165, 1.54) is 18.6 Å². The molecule has 2 N–H and O–H groups in total. The lowest BCUT2D eigenvalue weighted by atomic mass is 9.97. The number of hydrogen-bond acceptors (Lipinski definition) is 4. The lowest BCUT2D eigenvalue weighted by Crippen LogP contribution is -2.38. The highest BCUT2D eigenvalue weighted by Gasteiger charge is 2.23. The molecule has 0 saturated carbocycles. The lowest BCUT2D eigenvalue weighted by Gasteiger charge is -2.32. The van der Waals surface area contributed by atoms with Crippen LogP contribution in [0.4, 0.5) is 4.39 Å². The molecule has 24 heavy (non-hydrogen) atoms. The number of likely N-dealkylation sites (tertiary alicyclic amines) is 1. The largest absolute Gasteiger partial charge is 0.335 e. The maximum atomic E-state index is 13.7. The van der Waals surface area contributed by atoms with Gasteiger partial charge in [-0.25, -0.2) is 22.5 Å². The Bertz CT molecular complexity index is 756. The van der Waals surface area contributed by atoms with E-state index in [1.54, 1.807) is 12.1 Å². The zero-order valence-corrected chi connectivity index (χ0v) is 14.1. The van der Waals surface area contributed by atoms with Crippen LogP contribution >= 0.6 is 0 Å². The van der Waals surface area contributed by atoms with Crippen LogP contribution in [0.2, 0.25) is 0 Å². The zero-order valence-electron chi connectivity index (χ0n) is 13.3. The summed E-state index contributed by atoms with van der Waals surface area (Å²) in [5, 5.41) is 0.0829. The minimum Gasteiger partial charge on any atom is -0.335 e. The Morgan fingerprint density at radius 3 is 2.71 bits per heavy atom. The summed E-state index contributed by atoms with van der Waals surface area (Å²) in [6.45, 7) is 2.68. The standard InChI is InChI=1S/C16H21FN4O2S/c17-15-4-2-1-3-14(15)11-21-7-5-13(6-8-21)9-20-24(22,23)16-10-18-12-19-16/h1-4,10,12-13,20H,5-9,11H2,(H,18,19). The molecular weight excluding hydrogens is 331 g/mol. The number of nitrogens with zero attached hydrogens (tertiary/aromatic N) is 2. The van der Waals surface area contributed by atoms with E-state index in [9.17, 15) is 12.8 Å². The molecule has 1 aliphatic rings. The van der Waals surface area contributed by atoms with Gasteiger partial charge in [-0.05, 0) is 37.9 Å². The fourth-order valence-electron chi connectivity index (χ4n) is 2.91. The first-order valence-electron chi connectivity index (χ1n) is 7.98. The van der Waals surface area contributed by atoms with Gasteiger partial charge in [0, 0.05) is 18.7 Å². The summed E-state index contributed by atoms with van der Waals surface area (Å²) in [6, 6.07) is 6.82. The molecule has 0 bridgehead atoms. The van der Waals surface area contributed by atoms with Crippen molar-refractivity contribution >= 4 is 10.0 Å². The summed E-state index contributed by atoms with van der Waals surface area (Å²) in [6.07, 6.45) is 4.41. The highest BCUT2D eigenvalue weighted by molar-refractivity contribution is 7.89. The third kappa shape index (κ3) is 4.19. The fourth-order valence-corrected chi connectivity index (χ4v) is 3.93. The van der Waals surface area contributed by atoms with Crippen LogP contribution in [0.1, 0.15) is 18.4 Å². The number of nitrogens with one attached hydrogen (secondary N) is 2. The molecule has 1 aromatic carbocycles. The molecule has 2 heterocycles. The predicted molar refractivity (Wildman–Crippen MR) is 88.2 cm³/mol. The lowest BCUT2D eigenvalue weighted by molar-refractivity contribution is 0.177. The molecule has 0 amide bonds. The van der Waals surface area contributed by atoms with Gasteiger partial charge in [-0.1, -0.05) is 18.2 Å². The van der Waals surface area contributed by atoms with Crippen LogP contribution in [0.5, 0.6) is 0 Å². The van der Waals surface area contributed by atoms with Gasteiger partial charge in [0.1, 0.15) is 5.82 Å². The summed E-state index contributed by atoms with van der Waals surface area (Å²) in [4.78, 5) is 8.53. The molecule has 3 rings (SSSR count). The van der Waals surface area contributed by atoms with Gasteiger partial charge < -0.3 is 4.98 Å². The van der Waals surface area contributed by atoms with Crippen molar-refractivity contribution in [1.82, 2.24) is 19.6 Å².